The van der Waals surface area contributed by atoms with Crippen LogP contribution >= 0.6 is 11.3 Å². The largest absolute Gasteiger partial charge is 0.415 e. The number of aromatic nitrogens is 1. The van der Waals surface area contributed by atoms with Crippen LogP contribution in [0.25, 0.3) is 10.2 Å². The number of allylic oxidation sites excluding steroid dienone is 4. The number of benzene rings is 1. The highest BCUT2D eigenvalue weighted by atomic mass is 32.1. The summed E-state index contributed by atoms with van der Waals surface area (Å²) in [7, 11) is 1.60. The van der Waals surface area contributed by atoms with Gasteiger partial charge in [-0.1, -0.05) is 13.8 Å². The number of hydrogen-bond donors (Lipinski definition) is 1. The van der Waals surface area contributed by atoms with Gasteiger partial charge in [0, 0.05) is 98.5 Å². The number of carbonyl (C=O) groups excluding carboxylic acids is 7. The summed E-state index contributed by atoms with van der Waals surface area (Å²) in [5, 5.41) is 12.1. The van der Waals surface area contributed by atoms with E-state index in [-0.39, 0.29) is 119 Å². The number of Topliss-reactive ketones (excluding diaryl/α,β-unsaturated/α-hetero) is 2. The molecule has 5 amide bonds. The lowest BCUT2D eigenvalue weighted by Gasteiger charge is -2.33. The SMILES string of the molecule is CC1=C(C)C(=O)C(C(C)(C)CC(=O)N(C)CCN(CCOCCOCCOCCC(=O)NCCN2C(=O)C=CC2=O)C(=O)Oc2ccc3nc(C#N)sc3c2)=C(C)C1=O. The highest BCUT2D eigenvalue weighted by molar-refractivity contribution is 7.19. The van der Waals surface area contributed by atoms with Gasteiger partial charge in [0.1, 0.15) is 11.8 Å². The average Bonchev–Trinajstić information content (AvgIpc) is 3.76. The second-order valence-electron chi connectivity index (χ2n) is 14.5. The van der Waals surface area contributed by atoms with E-state index in [0.717, 1.165) is 4.90 Å². The fourth-order valence-corrected chi connectivity index (χ4v) is 7.10. The van der Waals surface area contributed by atoms with Gasteiger partial charge in [0.25, 0.3) is 11.8 Å². The van der Waals surface area contributed by atoms with Gasteiger partial charge in [0.05, 0.1) is 49.9 Å². The van der Waals surface area contributed by atoms with E-state index in [4.69, 9.17) is 18.9 Å². The third-order valence-electron chi connectivity index (χ3n) is 9.79. The molecule has 0 saturated carbocycles. The lowest BCUT2D eigenvalue weighted by atomic mass is 9.71. The molecule has 0 saturated heterocycles. The van der Waals surface area contributed by atoms with Crippen molar-refractivity contribution in [1.82, 2.24) is 25.0 Å². The van der Waals surface area contributed by atoms with E-state index in [1.165, 1.54) is 33.3 Å². The van der Waals surface area contributed by atoms with Gasteiger partial charge < -0.3 is 34.1 Å². The average molecular weight is 835 g/mol. The molecule has 0 spiro atoms. The van der Waals surface area contributed by atoms with E-state index >= 15 is 0 Å². The standard InChI is InChI=1S/C41H50N6O11S/c1-26-27(2)39(53)37(28(3)38(26)52)41(4,5)24-36(51)45(6)14-15-46(40(54)58-29-7-8-30-31(23-29)59-33(25-42)44-30)16-18-56-20-22-57-21-19-55-17-11-32(48)43-12-13-47-34(49)9-10-35(47)50/h7-10,23H,11-22,24H2,1-6H3,(H,43,48). The number of rotatable bonds is 22. The first kappa shape index (κ1) is 46.1. The lowest BCUT2D eigenvalue weighted by Crippen LogP contribution is -2.43. The molecule has 2 aromatic rings. The summed E-state index contributed by atoms with van der Waals surface area (Å²) in [6.07, 6.45) is 1.75. The smallest absolute Gasteiger partial charge is 0.410 e. The maximum Gasteiger partial charge on any atom is 0.415 e. The second-order valence-corrected chi connectivity index (χ2v) is 15.5. The summed E-state index contributed by atoms with van der Waals surface area (Å²) in [5.41, 5.74) is 1.13. The number of fused-ring (bicyclic) bond motifs is 1. The number of nitrogens with one attached hydrogen (secondary N) is 1. The molecule has 4 rings (SSSR count). The maximum atomic E-state index is 13.5. The fourth-order valence-electron chi connectivity index (χ4n) is 6.31. The number of amides is 5. The molecule has 0 unspecified atom stereocenters. The number of imide groups is 1. The predicted octanol–water partition coefficient (Wildman–Crippen LogP) is 3.13. The van der Waals surface area contributed by atoms with Gasteiger partial charge in [-0.25, -0.2) is 9.78 Å². The van der Waals surface area contributed by atoms with Crippen LogP contribution in [0.1, 0.15) is 52.5 Å². The van der Waals surface area contributed by atoms with Crippen LogP contribution < -0.4 is 10.1 Å². The Morgan fingerprint density at radius 1 is 0.864 bits per heavy atom. The number of likely N-dealkylation sites (N-methyl/N-ethyl adjacent to an activating group) is 1. The van der Waals surface area contributed by atoms with E-state index in [0.29, 0.717) is 32.5 Å². The van der Waals surface area contributed by atoms with E-state index in [2.05, 4.69) is 10.3 Å². The summed E-state index contributed by atoms with van der Waals surface area (Å²) in [4.78, 5) is 96.2. The van der Waals surface area contributed by atoms with Crippen molar-refractivity contribution in [3.8, 4) is 11.8 Å². The van der Waals surface area contributed by atoms with Crippen molar-refractivity contribution in [2.75, 3.05) is 79.4 Å². The highest BCUT2D eigenvalue weighted by Gasteiger charge is 2.39. The molecule has 59 heavy (non-hydrogen) atoms. The Bertz CT molecular complexity index is 2080. The van der Waals surface area contributed by atoms with Gasteiger partial charge in [-0.05, 0) is 32.9 Å². The molecule has 17 nitrogen and oxygen atoms in total. The number of ketones is 2. The summed E-state index contributed by atoms with van der Waals surface area (Å²) < 4.78 is 23.0. The zero-order valence-electron chi connectivity index (χ0n) is 34.2. The minimum atomic E-state index is -0.929. The molecule has 18 heteroatoms. The Morgan fingerprint density at radius 3 is 2.15 bits per heavy atom. The summed E-state index contributed by atoms with van der Waals surface area (Å²) in [6.45, 7) is 10.2. The Kier molecular flexibility index (Phi) is 16.7. The predicted molar refractivity (Wildman–Crippen MR) is 215 cm³/mol. The van der Waals surface area contributed by atoms with Gasteiger partial charge in [0.2, 0.25) is 11.8 Å². The summed E-state index contributed by atoms with van der Waals surface area (Å²) >= 11 is 1.17. The zero-order valence-corrected chi connectivity index (χ0v) is 35.0. The molecule has 1 aliphatic carbocycles. The number of carbonyl (C=O) groups is 7. The van der Waals surface area contributed by atoms with E-state index in [9.17, 15) is 38.8 Å². The van der Waals surface area contributed by atoms with Crippen LogP contribution in [-0.2, 0) is 43.0 Å². The number of ether oxygens (including phenoxy) is 4. The topological polar surface area (TPSA) is 215 Å². The van der Waals surface area contributed by atoms with E-state index in [1.54, 1.807) is 59.9 Å². The molecule has 0 radical (unpaired) electrons. The van der Waals surface area contributed by atoms with Crippen molar-refractivity contribution in [2.24, 2.45) is 5.41 Å². The van der Waals surface area contributed by atoms with Gasteiger partial charge in [-0.15, -0.1) is 11.3 Å². The molecule has 1 aromatic heterocycles. The van der Waals surface area contributed by atoms with Crippen molar-refractivity contribution in [1.29, 1.82) is 5.26 Å². The molecule has 2 heterocycles. The summed E-state index contributed by atoms with van der Waals surface area (Å²) in [6, 6.07) is 6.87. The van der Waals surface area contributed by atoms with Gasteiger partial charge in [-0.2, -0.15) is 5.26 Å². The van der Waals surface area contributed by atoms with Crippen molar-refractivity contribution in [3.63, 3.8) is 0 Å². The normalized spacial score (nSPS) is 14.4. The van der Waals surface area contributed by atoms with Crippen molar-refractivity contribution in [3.05, 3.63) is 57.7 Å². The number of nitrogens with zero attached hydrogens (tertiary/aromatic N) is 5. The highest BCUT2D eigenvalue weighted by Crippen LogP contribution is 2.39. The van der Waals surface area contributed by atoms with Crippen LogP contribution in [0.2, 0.25) is 0 Å². The van der Waals surface area contributed by atoms with Crippen LogP contribution in [-0.4, -0.2) is 140 Å². The van der Waals surface area contributed by atoms with Crippen LogP contribution in [0, 0.1) is 16.7 Å². The van der Waals surface area contributed by atoms with Gasteiger partial charge in [-0.3, -0.25) is 33.7 Å². The van der Waals surface area contributed by atoms with E-state index in [1.807, 2.05) is 6.07 Å². The zero-order chi connectivity index (χ0) is 43.3. The van der Waals surface area contributed by atoms with Crippen LogP contribution in [0.3, 0.4) is 0 Å². The number of thiazole rings is 1. The Morgan fingerprint density at radius 2 is 1.49 bits per heavy atom. The molecule has 0 bridgehead atoms. The van der Waals surface area contributed by atoms with Crippen LogP contribution in [0.5, 0.6) is 5.75 Å². The molecule has 0 fully saturated rings. The molecule has 1 aliphatic heterocycles. The first-order valence-electron chi connectivity index (χ1n) is 19.1. The molecule has 316 valence electrons. The molecule has 2 aliphatic rings. The van der Waals surface area contributed by atoms with Gasteiger partial charge >= 0.3 is 6.09 Å². The minimum absolute atomic E-state index is 0.0413. The first-order valence-corrected chi connectivity index (χ1v) is 19.9. The quantitative estimate of drug-likeness (QED) is 0.103. The maximum absolute atomic E-state index is 13.5. The van der Waals surface area contributed by atoms with Crippen molar-refractivity contribution < 1.29 is 52.5 Å². The molecular formula is C41H50N6O11S. The molecule has 1 N–H and O–H groups in total. The van der Waals surface area contributed by atoms with Crippen LogP contribution in [0.4, 0.5) is 4.79 Å². The number of hydrogen-bond acceptors (Lipinski definition) is 14. The number of nitriles is 1. The van der Waals surface area contributed by atoms with Crippen molar-refractivity contribution in [2.45, 2.75) is 47.5 Å². The first-order chi connectivity index (χ1) is 28.0. The molecule has 1 aromatic carbocycles. The minimum Gasteiger partial charge on any atom is -0.410 e. The molecule has 0 atom stereocenters. The van der Waals surface area contributed by atoms with Crippen molar-refractivity contribution >= 4 is 62.8 Å². The van der Waals surface area contributed by atoms with E-state index < -0.39 is 23.3 Å². The van der Waals surface area contributed by atoms with Crippen LogP contribution in [0.15, 0.2) is 52.6 Å². The Hall–Kier alpha value is -5.61. The third-order valence-corrected chi connectivity index (χ3v) is 10.7. The monoisotopic (exact) mass is 834 g/mol. The Balaban J connectivity index is 1.21. The third kappa shape index (κ3) is 12.7. The van der Waals surface area contributed by atoms with Gasteiger partial charge in [0.15, 0.2) is 16.6 Å². The molecular weight excluding hydrogens is 785 g/mol. The lowest BCUT2D eigenvalue weighted by molar-refractivity contribution is -0.137. The Labute approximate surface area is 346 Å². The second kappa shape index (κ2) is 21.4. The fraction of sp³-hybridized carbons (Fsp3) is 0.488. The summed E-state index contributed by atoms with van der Waals surface area (Å²) in [5.74, 6) is -1.55.